The third kappa shape index (κ3) is 3.83. The molecule has 0 heterocycles. The van der Waals surface area contributed by atoms with Crippen LogP contribution in [0.25, 0.3) is 0 Å². The molecule has 1 N–H and O–H groups in total. The maximum atomic E-state index is 12.6. The summed E-state index contributed by atoms with van der Waals surface area (Å²) in [4.78, 5) is 20.4. The molecule has 0 aliphatic carbocycles. The Labute approximate surface area is 100.0 Å². The van der Waals surface area contributed by atoms with Crippen LogP contribution in [0.2, 0.25) is 0 Å². The second-order valence-corrected chi connectivity index (χ2v) is 3.02. The number of hydrogen-bond donors (Lipinski definition) is 1. The largest absolute Gasteiger partial charge is 0.478 e. The lowest BCUT2D eigenvalue weighted by molar-refractivity contribution is -0.384. The molecule has 0 aliphatic heterocycles. The lowest BCUT2D eigenvalue weighted by Gasteiger charge is -2.29. The molecule has 0 aromatic rings. The first kappa shape index (κ1) is 17.2. The molecule has 0 saturated carbocycles. The second-order valence-electron chi connectivity index (χ2n) is 3.02. The van der Waals surface area contributed by atoms with Gasteiger partial charge in [0.15, 0.2) is 6.67 Å². The highest BCUT2D eigenvalue weighted by Gasteiger charge is 2.74. The number of rotatable bonds is 6. The molecule has 0 atom stereocenters. The quantitative estimate of drug-likeness (QED) is 0.463. The van der Waals surface area contributed by atoms with Crippen LogP contribution in [0.4, 0.5) is 30.7 Å². The Morgan fingerprint density at radius 2 is 1.53 bits per heavy atom. The summed E-state index contributed by atoms with van der Waals surface area (Å²) in [5, 5.41) is 7.99. The van der Waals surface area contributed by atoms with Gasteiger partial charge in [0.05, 0.1) is 0 Å². The third-order valence-electron chi connectivity index (χ3n) is 1.58. The van der Waals surface area contributed by atoms with Crippen molar-refractivity contribution in [2.45, 2.75) is 18.0 Å². The van der Waals surface area contributed by atoms with Gasteiger partial charge in [-0.2, -0.15) is 26.3 Å². The van der Waals surface area contributed by atoms with E-state index in [1.54, 1.807) is 0 Å². The molecule has 0 unspecified atom stereocenters. The van der Waals surface area contributed by atoms with E-state index in [0.717, 1.165) is 0 Å². The predicted molar refractivity (Wildman–Crippen MR) is 43.7 cm³/mol. The number of halogens is 7. The fourth-order valence-corrected chi connectivity index (χ4v) is 0.661. The summed E-state index contributed by atoms with van der Waals surface area (Å²) in [5.41, 5.74) is 0. The van der Waals surface area contributed by atoms with E-state index in [4.69, 9.17) is 5.11 Å². The number of carbonyl (C=O) groups excluding carboxylic acids is 1. The van der Waals surface area contributed by atoms with Gasteiger partial charge in [0.2, 0.25) is 0 Å². The molecule has 0 rings (SSSR count). The highest BCUT2D eigenvalue weighted by atomic mass is 19.4. The van der Waals surface area contributed by atoms with Crippen LogP contribution >= 0.6 is 0 Å². The van der Waals surface area contributed by atoms with Crippen LogP contribution in [0, 0.1) is 0 Å². The number of carboxylic acids is 1. The molecule has 11 heteroatoms. The van der Waals surface area contributed by atoms with E-state index in [9.17, 15) is 40.3 Å². The van der Waals surface area contributed by atoms with Gasteiger partial charge in [-0.25, -0.2) is 14.0 Å². The second kappa shape index (κ2) is 5.45. The van der Waals surface area contributed by atoms with Gasteiger partial charge in [-0.05, 0) is 0 Å². The van der Waals surface area contributed by atoms with E-state index in [1.165, 1.54) is 0 Å². The number of carbonyl (C=O) groups is 2. The minimum Gasteiger partial charge on any atom is -0.478 e. The molecule has 0 bridgehead atoms. The van der Waals surface area contributed by atoms with Crippen molar-refractivity contribution in [2.75, 3.05) is 6.67 Å². The Bertz CT molecular complexity index is 391. The van der Waals surface area contributed by atoms with Crippen molar-refractivity contribution < 1.29 is 50.2 Å². The molecular formula is C8H5F7O4. The lowest BCUT2D eigenvalue weighted by atomic mass is 10.1. The molecule has 19 heavy (non-hydrogen) atoms. The molecule has 0 aromatic heterocycles. The normalized spacial score (nSPS) is 13.6. The summed E-state index contributed by atoms with van der Waals surface area (Å²) in [6, 6.07) is 0. The van der Waals surface area contributed by atoms with Gasteiger partial charge in [0, 0.05) is 12.2 Å². The molecule has 0 amide bonds. The highest BCUT2D eigenvalue weighted by molar-refractivity contribution is 5.90. The third-order valence-corrected chi connectivity index (χ3v) is 1.58. The number of hydrogen-bond acceptors (Lipinski definition) is 3. The fraction of sp³-hybridized carbons (Fsp3) is 0.500. The zero-order valence-electron chi connectivity index (χ0n) is 8.68. The van der Waals surface area contributed by atoms with Crippen LogP contribution in [-0.2, 0) is 14.3 Å². The standard InChI is InChI=1S/C8H5F7O4/c9-3-6(10,11)7(12,13)8(14,15)19-5(18)2-1-4(16)17/h1-2H,3H2,(H,16,17). The Kier molecular flexibility index (Phi) is 4.93. The summed E-state index contributed by atoms with van der Waals surface area (Å²) in [6.45, 7) is -3.11. The number of aliphatic carboxylic acids is 1. The minimum absolute atomic E-state index is 0.0517. The van der Waals surface area contributed by atoms with Gasteiger partial charge in [-0.1, -0.05) is 0 Å². The maximum absolute atomic E-state index is 12.6. The Morgan fingerprint density at radius 1 is 1.05 bits per heavy atom. The SMILES string of the molecule is O=C(O)C=CC(=O)OC(F)(F)C(F)(F)C(F)(F)CF. The van der Waals surface area contributed by atoms with E-state index in [0.29, 0.717) is 0 Å². The van der Waals surface area contributed by atoms with Crippen LogP contribution in [0.5, 0.6) is 0 Å². The summed E-state index contributed by atoms with van der Waals surface area (Å²) in [5.74, 6) is -16.2. The number of alkyl halides is 7. The van der Waals surface area contributed by atoms with E-state index in [-0.39, 0.29) is 12.2 Å². The molecule has 0 aliphatic rings. The van der Waals surface area contributed by atoms with Gasteiger partial charge in [-0.15, -0.1) is 0 Å². The first-order chi connectivity index (χ1) is 8.37. The van der Waals surface area contributed by atoms with Crippen LogP contribution in [0.15, 0.2) is 12.2 Å². The lowest BCUT2D eigenvalue weighted by Crippen LogP contribution is -2.56. The molecule has 0 radical (unpaired) electrons. The highest BCUT2D eigenvalue weighted by Crippen LogP contribution is 2.46. The fourth-order valence-electron chi connectivity index (χ4n) is 0.661. The first-order valence-corrected chi connectivity index (χ1v) is 4.21. The predicted octanol–water partition coefficient (Wildman–Crippen LogP) is 2.00. The Balaban J connectivity index is 5.08. The summed E-state index contributed by atoms with van der Waals surface area (Å²) < 4.78 is 89.3. The molecule has 4 nitrogen and oxygen atoms in total. The zero-order chi connectivity index (χ0) is 15.5. The molecule has 0 fully saturated rings. The van der Waals surface area contributed by atoms with Crippen molar-refractivity contribution in [3.63, 3.8) is 0 Å². The van der Waals surface area contributed by atoms with Gasteiger partial charge in [-0.3, -0.25) is 0 Å². The summed E-state index contributed by atoms with van der Waals surface area (Å²) in [6.07, 6.45) is -6.29. The van der Waals surface area contributed by atoms with Crippen molar-refractivity contribution in [3.05, 3.63) is 12.2 Å². The molecule has 0 spiro atoms. The van der Waals surface area contributed by atoms with Crippen LogP contribution in [0.3, 0.4) is 0 Å². The van der Waals surface area contributed by atoms with Gasteiger partial charge in [0.1, 0.15) is 0 Å². The van der Waals surface area contributed by atoms with Gasteiger partial charge in [0.25, 0.3) is 0 Å². The number of carboxylic acid groups (broad SMARTS) is 1. The molecule has 0 saturated heterocycles. The Morgan fingerprint density at radius 3 is 1.89 bits per heavy atom. The topological polar surface area (TPSA) is 63.6 Å². The van der Waals surface area contributed by atoms with Crippen molar-refractivity contribution in [2.24, 2.45) is 0 Å². The van der Waals surface area contributed by atoms with E-state index >= 15 is 0 Å². The van der Waals surface area contributed by atoms with E-state index in [2.05, 4.69) is 4.74 Å². The average molecular weight is 298 g/mol. The van der Waals surface area contributed by atoms with Gasteiger partial charge < -0.3 is 9.84 Å². The van der Waals surface area contributed by atoms with E-state index in [1.807, 2.05) is 0 Å². The maximum Gasteiger partial charge on any atom is 0.473 e. The van der Waals surface area contributed by atoms with Crippen LogP contribution in [-0.4, -0.2) is 41.7 Å². The van der Waals surface area contributed by atoms with Crippen molar-refractivity contribution in [1.29, 1.82) is 0 Å². The van der Waals surface area contributed by atoms with Crippen LogP contribution < -0.4 is 0 Å². The summed E-state index contributed by atoms with van der Waals surface area (Å²) in [7, 11) is 0. The summed E-state index contributed by atoms with van der Waals surface area (Å²) >= 11 is 0. The zero-order valence-corrected chi connectivity index (χ0v) is 8.68. The number of ether oxygens (including phenoxy) is 1. The first-order valence-electron chi connectivity index (χ1n) is 4.21. The molecule has 0 aromatic carbocycles. The average Bonchev–Trinajstić information content (AvgIpc) is 2.25. The smallest absolute Gasteiger partial charge is 0.473 e. The minimum atomic E-state index is -6.30. The Hall–Kier alpha value is -1.81. The van der Waals surface area contributed by atoms with Crippen LogP contribution in [0.1, 0.15) is 0 Å². The van der Waals surface area contributed by atoms with Crippen molar-refractivity contribution in [1.82, 2.24) is 0 Å². The van der Waals surface area contributed by atoms with Crippen molar-refractivity contribution in [3.8, 4) is 0 Å². The molecule has 110 valence electrons. The molecular weight excluding hydrogens is 293 g/mol. The van der Waals surface area contributed by atoms with E-state index < -0.39 is 36.6 Å². The van der Waals surface area contributed by atoms with Gasteiger partial charge >= 0.3 is 29.9 Å². The monoisotopic (exact) mass is 298 g/mol. The van der Waals surface area contributed by atoms with Crippen molar-refractivity contribution >= 4 is 11.9 Å². The number of esters is 1.